The lowest BCUT2D eigenvalue weighted by molar-refractivity contribution is -0.135. The predicted molar refractivity (Wildman–Crippen MR) is 155 cm³/mol. The Morgan fingerprint density at radius 2 is 1.68 bits per heavy atom. The van der Waals surface area contributed by atoms with Crippen LogP contribution in [-0.4, -0.2) is 58.1 Å². The molecule has 2 rings (SSSR count). The van der Waals surface area contributed by atoms with E-state index in [0.29, 0.717) is 0 Å². The van der Waals surface area contributed by atoms with E-state index in [0.717, 1.165) is 0 Å². The summed E-state index contributed by atoms with van der Waals surface area (Å²) in [6, 6.07) is 1.21. The fraction of sp³-hybridized carbons (Fsp3) is 0.640. The quantitative estimate of drug-likeness (QED) is 0.247. The van der Waals surface area contributed by atoms with Gasteiger partial charge in [0.05, 0.1) is 19.4 Å². The molecule has 0 bridgehead atoms. The largest absolute Gasteiger partial charge is 0.470 e. The molecule has 0 saturated heterocycles. The standard InChI is InChI=1S/C25H41BrN2O7Si2/c1-24(2,3)36(8,9)33-15-19-18(35-37(10,11)25(4,5)6)14-21(34-19)28-16(12-17(26)22(30)32-7)13-20(29)27-23(28)31/h12-14,18-19H,15H2,1-11H3,(H,27,29,31)/b17-12+/t18-,19+/m0/s1. The zero-order valence-corrected chi connectivity index (χ0v) is 27.4. The lowest BCUT2D eigenvalue weighted by Crippen LogP contribution is -2.48. The Morgan fingerprint density at radius 1 is 1.11 bits per heavy atom. The van der Waals surface area contributed by atoms with Crippen molar-refractivity contribution in [2.75, 3.05) is 13.7 Å². The molecular weight excluding hydrogens is 576 g/mol. The van der Waals surface area contributed by atoms with E-state index in [-0.39, 0.29) is 32.7 Å². The average molecular weight is 618 g/mol. The summed E-state index contributed by atoms with van der Waals surface area (Å²) in [7, 11) is -3.09. The van der Waals surface area contributed by atoms with Crippen molar-refractivity contribution in [2.45, 2.75) is 90.0 Å². The van der Waals surface area contributed by atoms with E-state index in [1.807, 2.05) is 0 Å². The molecule has 1 aliphatic heterocycles. The van der Waals surface area contributed by atoms with Crippen LogP contribution in [0, 0.1) is 0 Å². The molecule has 9 nitrogen and oxygen atoms in total. The van der Waals surface area contributed by atoms with E-state index in [1.165, 1.54) is 23.8 Å². The second-order valence-corrected chi connectivity index (χ2v) is 22.7. The molecule has 0 saturated carbocycles. The van der Waals surface area contributed by atoms with E-state index >= 15 is 0 Å². The number of methoxy groups -OCH3 is 1. The Kier molecular flexibility index (Phi) is 9.50. The molecule has 1 aromatic rings. The van der Waals surface area contributed by atoms with Gasteiger partial charge in [0.1, 0.15) is 10.6 Å². The van der Waals surface area contributed by atoms with Gasteiger partial charge < -0.3 is 18.3 Å². The van der Waals surface area contributed by atoms with Gasteiger partial charge in [-0.2, -0.15) is 0 Å². The minimum Gasteiger partial charge on any atom is -0.470 e. The highest BCUT2D eigenvalue weighted by molar-refractivity contribution is 9.12. The second-order valence-electron chi connectivity index (χ2n) is 12.3. The molecule has 0 unspecified atom stereocenters. The van der Waals surface area contributed by atoms with Crippen LogP contribution in [0.15, 0.2) is 26.2 Å². The van der Waals surface area contributed by atoms with Gasteiger partial charge in [-0.1, -0.05) is 41.5 Å². The first-order chi connectivity index (χ1) is 16.7. The number of halogens is 1. The van der Waals surface area contributed by atoms with Gasteiger partial charge in [0.25, 0.3) is 5.56 Å². The Hall–Kier alpha value is -1.74. The molecule has 1 aromatic heterocycles. The number of nitrogens with one attached hydrogen (secondary N) is 1. The molecule has 0 radical (unpaired) electrons. The highest BCUT2D eigenvalue weighted by Gasteiger charge is 2.45. The fourth-order valence-electron chi connectivity index (χ4n) is 3.03. The topological polar surface area (TPSA) is 109 Å². The minimum absolute atomic E-state index is 0.00558. The molecule has 0 fully saturated rings. The third-order valence-corrected chi connectivity index (χ3v) is 17.0. The van der Waals surface area contributed by atoms with Gasteiger partial charge in [-0.25, -0.2) is 14.2 Å². The molecular formula is C25H41BrN2O7Si2. The van der Waals surface area contributed by atoms with Crippen LogP contribution in [0.3, 0.4) is 0 Å². The fourth-order valence-corrected chi connectivity index (χ4v) is 5.70. The van der Waals surface area contributed by atoms with Crippen LogP contribution in [0.1, 0.15) is 47.2 Å². The van der Waals surface area contributed by atoms with Gasteiger partial charge in [-0.3, -0.25) is 9.78 Å². The second kappa shape index (κ2) is 11.2. The van der Waals surface area contributed by atoms with Crippen molar-refractivity contribution in [1.82, 2.24) is 9.55 Å². The summed E-state index contributed by atoms with van der Waals surface area (Å²) >= 11 is 3.15. The number of nitrogens with zero attached hydrogens (tertiary/aromatic N) is 1. The van der Waals surface area contributed by atoms with Crippen LogP contribution in [0.5, 0.6) is 0 Å². The Labute approximate surface area is 229 Å². The maximum Gasteiger partial charge on any atom is 0.345 e. The van der Waals surface area contributed by atoms with Crippen LogP contribution in [0.25, 0.3) is 12.0 Å². The molecule has 1 aliphatic rings. The van der Waals surface area contributed by atoms with Crippen LogP contribution in [-0.2, 0) is 23.1 Å². The number of carbonyl (C=O) groups excluding carboxylic acids is 1. The molecule has 2 atom stereocenters. The normalized spacial score (nSPS) is 19.5. The summed E-state index contributed by atoms with van der Waals surface area (Å²) in [5.41, 5.74) is -1.16. The van der Waals surface area contributed by atoms with E-state index in [2.05, 4.69) is 88.6 Å². The number of hydrogen-bond acceptors (Lipinski definition) is 7. The molecule has 208 valence electrons. The van der Waals surface area contributed by atoms with Gasteiger partial charge in [0, 0.05) is 12.1 Å². The highest BCUT2D eigenvalue weighted by atomic mass is 79.9. The molecule has 1 N–H and O–H groups in total. The van der Waals surface area contributed by atoms with Gasteiger partial charge >= 0.3 is 11.7 Å². The van der Waals surface area contributed by atoms with Crippen molar-refractivity contribution < 1.29 is 23.1 Å². The van der Waals surface area contributed by atoms with E-state index in [1.54, 1.807) is 6.08 Å². The van der Waals surface area contributed by atoms with Crippen LogP contribution >= 0.6 is 15.9 Å². The lowest BCUT2D eigenvalue weighted by atomic mass is 10.2. The zero-order valence-electron chi connectivity index (χ0n) is 23.8. The molecule has 12 heteroatoms. The Balaban J connectivity index is 2.57. The summed E-state index contributed by atoms with van der Waals surface area (Å²) in [6.07, 6.45) is 2.12. The van der Waals surface area contributed by atoms with Crippen LogP contribution in [0.4, 0.5) is 0 Å². The third-order valence-electron chi connectivity index (χ3n) is 7.44. The smallest absolute Gasteiger partial charge is 0.345 e. The van der Waals surface area contributed by atoms with E-state index < -0.39 is 46.1 Å². The van der Waals surface area contributed by atoms with Crippen molar-refractivity contribution in [2.24, 2.45) is 0 Å². The highest BCUT2D eigenvalue weighted by Crippen LogP contribution is 2.41. The summed E-state index contributed by atoms with van der Waals surface area (Å²) in [6.45, 7) is 21.9. The molecule has 37 heavy (non-hydrogen) atoms. The molecule has 2 heterocycles. The van der Waals surface area contributed by atoms with Crippen molar-refractivity contribution in [3.63, 3.8) is 0 Å². The first-order valence-electron chi connectivity index (χ1n) is 12.2. The van der Waals surface area contributed by atoms with Crippen LogP contribution < -0.4 is 11.2 Å². The monoisotopic (exact) mass is 616 g/mol. The van der Waals surface area contributed by atoms with Gasteiger partial charge in [0.2, 0.25) is 5.88 Å². The molecule has 0 aromatic carbocycles. The SMILES string of the molecule is COC(=O)/C(Br)=C\c1cc(=O)[nH]c(=O)n1C1=C[C@H](O[Si](C)(C)C(C)(C)C)[C@@H](CO[Si](C)(C)C(C)(C)C)O1. The van der Waals surface area contributed by atoms with E-state index in [9.17, 15) is 14.4 Å². The number of H-pyrrole nitrogens is 1. The van der Waals surface area contributed by atoms with Crippen molar-refractivity contribution in [1.29, 1.82) is 0 Å². The minimum atomic E-state index is -2.23. The van der Waals surface area contributed by atoms with Crippen LogP contribution in [0.2, 0.25) is 36.3 Å². The number of ether oxygens (including phenoxy) is 2. The predicted octanol–water partition coefficient (Wildman–Crippen LogP) is 5.05. The van der Waals surface area contributed by atoms with E-state index in [4.69, 9.17) is 18.3 Å². The Morgan fingerprint density at radius 3 is 2.19 bits per heavy atom. The summed E-state index contributed by atoms with van der Waals surface area (Å²) in [4.78, 5) is 39.3. The first-order valence-corrected chi connectivity index (χ1v) is 18.8. The van der Waals surface area contributed by atoms with Crippen molar-refractivity contribution in [3.05, 3.63) is 43.2 Å². The number of carbonyl (C=O) groups is 1. The lowest BCUT2D eigenvalue weighted by Gasteiger charge is -2.40. The molecule has 0 spiro atoms. The number of aromatic amines is 1. The maximum atomic E-state index is 12.9. The van der Waals surface area contributed by atoms with Crippen molar-refractivity contribution in [3.8, 4) is 0 Å². The summed E-state index contributed by atoms with van der Waals surface area (Å²) < 4.78 is 25.4. The average Bonchev–Trinajstić information content (AvgIpc) is 3.10. The number of rotatable bonds is 8. The van der Waals surface area contributed by atoms with Crippen molar-refractivity contribution >= 4 is 50.5 Å². The molecule has 0 amide bonds. The first kappa shape index (κ1) is 31.5. The number of aromatic nitrogens is 2. The third kappa shape index (κ3) is 7.43. The number of esters is 1. The van der Waals surface area contributed by atoms with Gasteiger partial charge in [-0.05, 0) is 58.3 Å². The maximum absolute atomic E-state index is 12.9. The summed E-state index contributed by atoms with van der Waals surface area (Å²) in [5, 5.41) is -0.0475. The number of hydrogen-bond donors (Lipinski definition) is 1. The Bertz CT molecular complexity index is 1190. The zero-order chi connectivity index (χ0) is 28.6. The van der Waals surface area contributed by atoms with Gasteiger partial charge in [-0.15, -0.1) is 0 Å². The van der Waals surface area contributed by atoms with Gasteiger partial charge in [0.15, 0.2) is 22.7 Å². The molecule has 0 aliphatic carbocycles. The summed E-state index contributed by atoms with van der Waals surface area (Å²) in [5.74, 6) is -0.453.